The number of ether oxygens (including phenoxy) is 1. The first-order chi connectivity index (χ1) is 12.6. The van der Waals surface area contributed by atoms with Crippen molar-refractivity contribution in [1.82, 2.24) is 4.90 Å². The van der Waals surface area contributed by atoms with Gasteiger partial charge in [-0.2, -0.15) is 0 Å². The lowest BCUT2D eigenvalue weighted by Gasteiger charge is -2.40. The molecule has 0 saturated heterocycles. The highest BCUT2D eigenvalue weighted by molar-refractivity contribution is 5.80. The lowest BCUT2D eigenvalue weighted by Crippen LogP contribution is -2.53. The fraction of sp³-hybridized carbons (Fsp3) is 0.409. The molecule has 1 fully saturated rings. The predicted octanol–water partition coefficient (Wildman–Crippen LogP) is 3.50. The summed E-state index contributed by atoms with van der Waals surface area (Å²) in [6, 6.07) is 21.5. The quantitative estimate of drug-likeness (QED) is 0.809. The second kappa shape index (κ2) is 8.47. The smallest absolute Gasteiger partial charge is 0.325 e. The van der Waals surface area contributed by atoms with Crippen LogP contribution in [0.5, 0.6) is 0 Å². The second-order valence-electron chi connectivity index (χ2n) is 7.26. The number of nitrogens with two attached hydrogens (primary N) is 1. The first-order valence-electron chi connectivity index (χ1n) is 9.30. The molecule has 1 saturated carbocycles. The molecule has 2 aromatic rings. The molecule has 2 aromatic carbocycles. The molecule has 4 heteroatoms. The van der Waals surface area contributed by atoms with Crippen molar-refractivity contribution in [3.8, 4) is 0 Å². The summed E-state index contributed by atoms with van der Waals surface area (Å²) in [4.78, 5) is 14.5. The minimum Gasteiger partial charge on any atom is -0.468 e. The van der Waals surface area contributed by atoms with E-state index in [1.54, 1.807) is 0 Å². The van der Waals surface area contributed by atoms with Gasteiger partial charge in [-0.05, 0) is 36.8 Å². The highest BCUT2D eigenvalue weighted by Crippen LogP contribution is 2.31. The van der Waals surface area contributed by atoms with Gasteiger partial charge in [-0.25, -0.2) is 0 Å². The summed E-state index contributed by atoms with van der Waals surface area (Å²) in [5, 5.41) is 0. The number of rotatable bonds is 6. The van der Waals surface area contributed by atoms with Crippen molar-refractivity contribution in [3.05, 3.63) is 71.8 Å². The van der Waals surface area contributed by atoms with E-state index >= 15 is 0 Å². The molecule has 0 unspecified atom stereocenters. The Morgan fingerprint density at radius 2 is 1.46 bits per heavy atom. The van der Waals surface area contributed by atoms with E-state index in [2.05, 4.69) is 53.4 Å². The van der Waals surface area contributed by atoms with Crippen molar-refractivity contribution in [1.29, 1.82) is 0 Å². The molecule has 0 amide bonds. The Morgan fingerprint density at radius 3 is 1.88 bits per heavy atom. The fourth-order valence-electron chi connectivity index (χ4n) is 3.84. The highest BCUT2D eigenvalue weighted by atomic mass is 16.5. The summed E-state index contributed by atoms with van der Waals surface area (Å²) in [6.45, 7) is 1.80. The topological polar surface area (TPSA) is 55.6 Å². The first-order valence-corrected chi connectivity index (χ1v) is 9.30. The molecule has 0 bridgehead atoms. The molecular weight excluding hydrogens is 324 g/mol. The number of hydrogen-bond acceptors (Lipinski definition) is 4. The Hall–Kier alpha value is -2.17. The number of esters is 1. The molecule has 0 radical (unpaired) electrons. The van der Waals surface area contributed by atoms with E-state index < -0.39 is 5.54 Å². The zero-order chi connectivity index (χ0) is 18.4. The van der Waals surface area contributed by atoms with E-state index in [1.807, 2.05) is 12.1 Å². The summed E-state index contributed by atoms with van der Waals surface area (Å²) in [7, 11) is 1.42. The van der Waals surface area contributed by atoms with Gasteiger partial charge in [-0.1, -0.05) is 60.7 Å². The third-order valence-electron chi connectivity index (χ3n) is 5.41. The zero-order valence-corrected chi connectivity index (χ0v) is 15.4. The number of carbonyl (C=O) groups excluding carboxylic acids is 1. The van der Waals surface area contributed by atoms with Crippen LogP contribution in [-0.4, -0.2) is 29.6 Å². The largest absolute Gasteiger partial charge is 0.468 e. The van der Waals surface area contributed by atoms with Crippen LogP contribution in [0.25, 0.3) is 0 Å². The maximum atomic E-state index is 12.0. The monoisotopic (exact) mass is 352 g/mol. The molecule has 1 aliphatic rings. The van der Waals surface area contributed by atoms with E-state index in [4.69, 9.17) is 10.5 Å². The molecule has 3 rings (SSSR count). The van der Waals surface area contributed by atoms with Gasteiger partial charge in [0.05, 0.1) is 7.11 Å². The number of methoxy groups -OCH3 is 1. The lowest BCUT2D eigenvalue weighted by atomic mass is 9.79. The molecule has 0 aliphatic heterocycles. The van der Waals surface area contributed by atoms with Gasteiger partial charge in [0.15, 0.2) is 0 Å². The summed E-state index contributed by atoms with van der Waals surface area (Å²) < 4.78 is 4.90. The van der Waals surface area contributed by atoms with Gasteiger partial charge in [0.1, 0.15) is 5.54 Å². The third-order valence-corrected chi connectivity index (χ3v) is 5.41. The number of carbonyl (C=O) groups is 1. The van der Waals surface area contributed by atoms with Gasteiger partial charge >= 0.3 is 5.97 Å². The molecule has 2 N–H and O–H groups in total. The van der Waals surface area contributed by atoms with Crippen molar-refractivity contribution >= 4 is 5.97 Å². The number of benzene rings is 2. The van der Waals surface area contributed by atoms with Crippen LogP contribution in [0, 0.1) is 0 Å². The van der Waals surface area contributed by atoms with Crippen LogP contribution in [-0.2, 0) is 22.6 Å². The van der Waals surface area contributed by atoms with Crippen LogP contribution in [0.2, 0.25) is 0 Å². The van der Waals surface area contributed by atoms with E-state index in [0.717, 1.165) is 25.9 Å². The van der Waals surface area contributed by atoms with Gasteiger partial charge in [0, 0.05) is 19.1 Å². The van der Waals surface area contributed by atoms with Gasteiger partial charge in [-0.3, -0.25) is 9.69 Å². The van der Waals surface area contributed by atoms with Crippen molar-refractivity contribution in [2.45, 2.75) is 50.4 Å². The van der Waals surface area contributed by atoms with Crippen LogP contribution < -0.4 is 5.73 Å². The molecule has 26 heavy (non-hydrogen) atoms. The van der Waals surface area contributed by atoms with Crippen LogP contribution in [0.15, 0.2) is 60.7 Å². The Balaban J connectivity index is 1.72. The highest BCUT2D eigenvalue weighted by Gasteiger charge is 2.40. The summed E-state index contributed by atoms with van der Waals surface area (Å²) in [5.41, 5.74) is 8.08. The Morgan fingerprint density at radius 1 is 1.00 bits per heavy atom. The number of hydrogen-bond donors (Lipinski definition) is 1. The van der Waals surface area contributed by atoms with E-state index in [1.165, 1.54) is 18.2 Å². The maximum Gasteiger partial charge on any atom is 0.325 e. The van der Waals surface area contributed by atoms with Crippen molar-refractivity contribution in [3.63, 3.8) is 0 Å². The van der Waals surface area contributed by atoms with Gasteiger partial charge < -0.3 is 10.5 Å². The van der Waals surface area contributed by atoms with Crippen LogP contribution in [0.4, 0.5) is 0 Å². The van der Waals surface area contributed by atoms with Crippen molar-refractivity contribution in [2.75, 3.05) is 7.11 Å². The second-order valence-corrected chi connectivity index (χ2v) is 7.26. The Labute approximate surface area is 156 Å². The Kier molecular flexibility index (Phi) is 6.07. The normalized spacial score (nSPS) is 23.0. The van der Waals surface area contributed by atoms with E-state index in [9.17, 15) is 4.79 Å². The zero-order valence-electron chi connectivity index (χ0n) is 15.4. The van der Waals surface area contributed by atoms with E-state index in [-0.39, 0.29) is 5.97 Å². The van der Waals surface area contributed by atoms with Crippen molar-refractivity contribution < 1.29 is 9.53 Å². The summed E-state index contributed by atoms with van der Waals surface area (Å²) in [6.07, 6.45) is 3.16. The van der Waals surface area contributed by atoms with Crippen LogP contribution >= 0.6 is 0 Å². The minimum absolute atomic E-state index is 0.284. The third kappa shape index (κ3) is 4.51. The summed E-state index contributed by atoms with van der Waals surface area (Å²) in [5.74, 6) is -0.284. The molecule has 1 aliphatic carbocycles. The van der Waals surface area contributed by atoms with Crippen LogP contribution in [0.1, 0.15) is 36.8 Å². The average molecular weight is 352 g/mol. The van der Waals surface area contributed by atoms with Gasteiger partial charge in [-0.15, -0.1) is 0 Å². The van der Waals surface area contributed by atoms with Gasteiger partial charge in [0.2, 0.25) is 0 Å². The molecule has 0 spiro atoms. The van der Waals surface area contributed by atoms with Crippen LogP contribution in [0.3, 0.4) is 0 Å². The minimum atomic E-state index is -0.823. The molecule has 4 nitrogen and oxygen atoms in total. The van der Waals surface area contributed by atoms with Crippen molar-refractivity contribution in [2.24, 2.45) is 5.73 Å². The fourth-order valence-corrected chi connectivity index (χ4v) is 3.84. The Bertz CT molecular complexity index is 653. The first kappa shape index (κ1) is 18.6. The molecule has 0 atom stereocenters. The summed E-state index contributed by atoms with van der Waals surface area (Å²) >= 11 is 0. The van der Waals surface area contributed by atoms with Gasteiger partial charge in [0.25, 0.3) is 0 Å². The predicted molar refractivity (Wildman–Crippen MR) is 103 cm³/mol. The maximum absolute atomic E-state index is 12.0. The lowest BCUT2D eigenvalue weighted by molar-refractivity contribution is -0.148. The number of nitrogens with zero attached hydrogens (tertiary/aromatic N) is 1. The average Bonchev–Trinajstić information content (AvgIpc) is 2.69. The molecule has 138 valence electrons. The van der Waals surface area contributed by atoms with E-state index in [0.29, 0.717) is 18.9 Å². The molecule has 0 heterocycles. The SMILES string of the molecule is COC(=O)C1(N)CCC(N(Cc2ccccc2)Cc2ccccc2)CC1. The standard InChI is InChI=1S/C22H28N2O2/c1-26-21(25)22(23)14-12-20(13-15-22)24(16-18-8-4-2-5-9-18)17-19-10-6-3-7-11-19/h2-11,20H,12-17,23H2,1H3. The molecule has 0 aromatic heterocycles. The molecular formula is C22H28N2O2.